The maximum Gasteiger partial charge on any atom is 0.120 e. The van der Waals surface area contributed by atoms with Crippen LogP contribution in [-0.2, 0) is 5.41 Å². The highest BCUT2D eigenvalue weighted by Gasteiger charge is 2.40. The fourth-order valence-electron chi connectivity index (χ4n) is 2.71. The quantitative estimate of drug-likeness (QED) is 0.877. The Morgan fingerprint density at radius 2 is 1.95 bits per heavy atom. The lowest BCUT2D eigenvalue weighted by molar-refractivity contribution is 0.164. The molecule has 19 heavy (non-hydrogen) atoms. The third kappa shape index (κ3) is 3.11. The minimum Gasteiger partial charge on any atom is -0.489 e. The van der Waals surface area contributed by atoms with E-state index in [1.165, 1.54) is 5.56 Å². The molecule has 0 spiro atoms. The number of hydrogen-bond acceptors (Lipinski definition) is 2. The van der Waals surface area contributed by atoms with E-state index in [9.17, 15) is 0 Å². The molecule has 0 amide bonds. The van der Waals surface area contributed by atoms with Gasteiger partial charge in [-0.1, -0.05) is 46.8 Å². The molecular weight excluding hydrogens is 234 g/mol. The van der Waals surface area contributed by atoms with Crippen molar-refractivity contribution in [2.24, 2.45) is 11.1 Å². The summed E-state index contributed by atoms with van der Waals surface area (Å²) < 4.78 is 6.13. The lowest BCUT2D eigenvalue weighted by Gasteiger charge is -2.27. The Morgan fingerprint density at radius 1 is 1.26 bits per heavy atom. The van der Waals surface area contributed by atoms with Crippen LogP contribution in [0.2, 0.25) is 0 Å². The summed E-state index contributed by atoms with van der Waals surface area (Å²) in [6.45, 7) is 11.1. The van der Waals surface area contributed by atoms with Crippen LogP contribution in [0.4, 0.5) is 0 Å². The van der Waals surface area contributed by atoms with Gasteiger partial charge in [-0.05, 0) is 41.4 Å². The minimum atomic E-state index is 0.116. The van der Waals surface area contributed by atoms with Crippen molar-refractivity contribution in [3.63, 3.8) is 0 Å². The molecule has 0 saturated heterocycles. The van der Waals surface area contributed by atoms with Crippen LogP contribution >= 0.6 is 0 Å². The second-order valence-corrected chi connectivity index (χ2v) is 7.49. The van der Waals surface area contributed by atoms with Crippen LogP contribution in [-0.4, -0.2) is 12.1 Å². The summed E-state index contributed by atoms with van der Waals surface area (Å²) >= 11 is 0. The van der Waals surface area contributed by atoms with Gasteiger partial charge in [0.05, 0.1) is 0 Å². The number of rotatable bonds is 2. The Hall–Kier alpha value is -1.02. The molecule has 1 fully saturated rings. The van der Waals surface area contributed by atoms with Gasteiger partial charge in [-0.3, -0.25) is 0 Å². The van der Waals surface area contributed by atoms with Crippen LogP contribution in [0.5, 0.6) is 5.75 Å². The summed E-state index contributed by atoms with van der Waals surface area (Å²) in [5.41, 5.74) is 7.94. The van der Waals surface area contributed by atoms with Crippen LogP contribution in [0.25, 0.3) is 0 Å². The van der Waals surface area contributed by atoms with E-state index in [1.54, 1.807) is 0 Å². The topological polar surface area (TPSA) is 35.2 Å². The van der Waals surface area contributed by atoms with Gasteiger partial charge in [-0.2, -0.15) is 0 Å². The standard InChI is InChI=1S/C17H27NO/c1-16(2,3)12-7-6-8-13(11-12)19-14-9-10-17(4,5)15(14)18/h6-8,11,14-15H,9-10,18H2,1-5H3. The first-order valence-corrected chi connectivity index (χ1v) is 7.23. The Kier molecular flexibility index (Phi) is 3.65. The zero-order valence-electron chi connectivity index (χ0n) is 12.9. The molecule has 1 aliphatic carbocycles. The predicted molar refractivity (Wildman–Crippen MR) is 80.5 cm³/mol. The summed E-state index contributed by atoms with van der Waals surface area (Å²) in [5.74, 6) is 0.950. The first-order valence-electron chi connectivity index (χ1n) is 7.23. The van der Waals surface area contributed by atoms with E-state index in [2.05, 4.69) is 52.8 Å². The zero-order chi connectivity index (χ0) is 14.3. The number of benzene rings is 1. The van der Waals surface area contributed by atoms with E-state index in [-0.39, 0.29) is 23.0 Å². The van der Waals surface area contributed by atoms with Crippen molar-refractivity contribution in [2.45, 2.75) is 65.0 Å². The van der Waals surface area contributed by atoms with Crippen LogP contribution in [0.3, 0.4) is 0 Å². The van der Waals surface area contributed by atoms with Crippen molar-refractivity contribution < 1.29 is 4.74 Å². The van der Waals surface area contributed by atoms with Crippen molar-refractivity contribution >= 4 is 0 Å². The molecule has 1 aromatic rings. The van der Waals surface area contributed by atoms with Crippen LogP contribution in [0.1, 0.15) is 53.0 Å². The predicted octanol–water partition coefficient (Wildman–Crippen LogP) is 3.88. The Morgan fingerprint density at radius 3 is 2.47 bits per heavy atom. The largest absolute Gasteiger partial charge is 0.489 e. The molecule has 1 saturated carbocycles. The zero-order valence-corrected chi connectivity index (χ0v) is 12.9. The molecule has 0 bridgehead atoms. The average Bonchev–Trinajstić information content (AvgIpc) is 2.56. The smallest absolute Gasteiger partial charge is 0.120 e. The second kappa shape index (κ2) is 4.82. The summed E-state index contributed by atoms with van der Waals surface area (Å²) in [7, 11) is 0. The van der Waals surface area contributed by atoms with E-state index in [1.807, 2.05) is 6.07 Å². The number of ether oxygens (including phenoxy) is 1. The highest BCUT2D eigenvalue weighted by Crippen LogP contribution is 2.38. The van der Waals surface area contributed by atoms with Gasteiger partial charge in [0.15, 0.2) is 0 Å². The molecule has 2 nitrogen and oxygen atoms in total. The van der Waals surface area contributed by atoms with Crippen LogP contribution in [0.15, 0.2) is 24.3 Å². The molecule has 2 atom stereocenters. The molecule has 2 N–H and O–H groups in total. The van der Waals surface area contributed by atoms with Crippen molar-refractivity contribution in [2.75, 3.05) is 0 Å². The van der Waals surface area contributed by atoms with Crippen molar-refractivity contribution in [1.29, 1.82) is 0 Å². The molecule has 2 heteroatoms. The second-order valence-electron chi connectivity index (χ2n) is 7.49. The number of nitrogens with two attached hydrogens (primary N) is 1. The molecule has 106 valence electrons. The normalized spacial score (nSPS) is 26.4. The average molecular weight is 261 g/mol. The molecule has 0 heterocycles. The van der Waals surface area contributed by atoms with Gasteiger partial charge in [0.2, 0.25) is 0 Å². The fourth-order valence-corrected chi connectivity index (χ4v) is 2.71. The van der Waals surface area contributed by atoms with E-state index < -0.39 is 0 Å². The van der Waals surface area contributed by atoms with Crippen LogP contribution < -0.4 is 10.5 Å². The van der Waals surface area contributed by atoms with Crippen LogP contribution in [0, 0.1) is 5.41 Å². The third-order valence-corrected chi connectivity index (χ3v) is 4.36. The Balaban J connectivity index is 2.13. The highest BCUT2D eigenvalue weighted by atomic mass is 16.5. The molecule has 2 unspecified atom stereocenters. The van der Waals surface area contributed by atoms with Gasteiger partial charge in [0.1, 0.15) is 11.9 Å². The molecule has 1 aliphatic rings. The molecule has 0 radical (unpaired) electrons. The minimum absolute atomic E-state index is 0.116. The van der Waals surface area contributed by atoms with Gasteiger partial charge in [-0.15, -0.1) is 0 Å². The third-order valence-electron chi connectivity index (χ3n) is 4.36. The molecular formula is C17H27NO. The first-order chi connectivity index (χ1) is 8.70. The SMILES string of the molecule is CC(C)(C)c1cccc(OC2CCC(C)(C)C2N)c1. The maximum absolute atomic E-state index is 6.30. The fraction of sp³-hybridized carbons (Fsp3) is 0.647. The van der Waals surface area contributed by atoms with Gasteiger partial charge >= 0.3 is 0 Å². The Labute approximate surface area is 117 Å². The first kappa shape index (κ1) is 14.4. The molecule has 0 aromatic heterocycles. The molecule has 0 aliphatic heterocycles. The summed E-state index contributed by atoms with van der Waals surface area (Å²) in [5, 5.41) is 0. The van der Waals surface area contributed by atoms with Gasteiger partial charge in [-0.25, -0.2) is 0 Å². The number of hydrogen-bond donors (Lipinski definition) is 1. The summed E-state index contributed by atoms with van der Waals surface area (Å²) in [6, 6.07) is 8.53. The van der Waals surface area contributed by atoms with Crippen molar-refractivity contribution in [3.05, 3.63) is 29.8 Å². The van der Waals surface area contributed by atoms with Gasteiger partial charge in [0.25, 0.3) is 0 Å². The van der Waals surface area contributed by atoms with Gasteiger partial charge in [0, 0.05) is 6.04 Å². The lowest BCUT2D eigenvalue weighted by atomic mass is 9.87. The maximum atomic E-state index is 6.30. The van der Waals surface area contributed by atoms with Crippen molar-refractivity contribution in [3.8, 4) is 5.75 Å². The Bertz CT molecular complexity index is 445. The van der Waals surface area contributed by atoms with Gasteiger partial charge < -0.3 is 10.5 Å². The summed E-state index contributed by atoms with van der Waals surface area (Å²) in [4.78, 5) is 0. The molecule has 1 aromatic carbocycles. The van der Waals surface area contributed by atoms with E-state index >= 15 is 0 Å². The van der Waals surface area contributed by atoms with E-state index in [0.717, 1.165) is 18.6 Å². The monoisotopic (exact) mass is 261 g/mol. The van der Waals surface area contributed by atoms with E-state index in [4.69, 9.17) is 10.5 Å². The lowest BCUT2D eigenvalue weighted by Crippen LogP contribution is -2.42. The highest BCUT2D eigenvalue weighted by molar-refractivity contribution is 5.33. The molecule has 2 rings (SSSR count). The summed E-state index contributed by atoms with van der Waals surface area (Å²) in [6.07, 6.45) is 2.33. The van der Waals surface area contributed by atoms with Crippen molar-refractivity contribution in [1.82, 2.24) is 0 Å². The van der Waals surface area contributed by atoms with E-state index in [0.29, 0.717) is 0 Å².